The zero-order chi connectivity index (χ0) is 19.1. The Balaban J connectivity index is 1.47. The fourth-order valence-electron chi connectivity index (χ4n) is 2.54. The van der Waals surface area contributed by atoms with Crippen molar-refractivity contribution in [2.24, 2.45) is 0 Å². The zero-order valence-electron chi connectivity index (χ0n) is 15.3. The van der Waals surface area contributed by atoms with E-state index in [1.54, 1.807) is 20.3 Å². The van der Waals surface area contributed by atoms with E-state index in [2.05, 4.69) is 5.16 Å². The van der Waals surface area contributed by atoms with Crippen molar-refractivity contribution in [3.8, 4) is 22.8 Å². The van der Waals surface area contributed by atoms with Crippen LogP contribution in [0, 0.1) is 0 Å². The second kappa shape index (κ2) is 8.89. The maximum atomic E-state index is 11.9. The second-order valence-electron chi connectivity index (χ2n) is 5.92. The first-order chi connectivity index (χ1) is 13.2. The van der Waals surface area contributed by atoms with Crippen LogP contribution in [0.5, 0.6) is 11.5 Å². The van der Waals surface area contributed by atoms with Crippen LogP contribution in [-0.4, -0.2) is 25.3 Å². The van der Waals surface area contributed by atoms with Gasteiger partial charge >= 0.3 is 5.97 Å². The van der Waals surface area contributed by atoms with Crippen molar-refractivity contribution in [3.05, 3.63) is 65.9 Å². The standard InChI is InChI=1S/C21H21NO5/c1-24-18-8-3-15(4-9-18)5-12-21(23)26-14-17-13-20(27-22-17)16-6-10-19(25-2)11-7-16/h3-4,6-11,13H,5,12,14H2,1-2H3. The molecule has 0 atom stereocenters. The highest BCUT2D eigenvalue weighted by Crippen LogP contribution is 2.23. The minimum atomic E-state index is -0.278. The molecule has 0 saturated carbocycles. The Kier molecular flexibility index (Phi) is 6.10. The number of hydrogen-bond donors (Lipinski definition) is 0. The third kappa shape index (κ3) is 5.10. The SMILES string of the molecule is COc1ccc(CCC(=O)OCc2cc(-c3ccc(OC)cc3)on2)cc1. The number of aryl methyl sites for hydroxylation is 1. The van der Waals surface area contributed by atoms with Crippen LogP contribution >= 0.6 is 0 Å². The van der Waals surface area contributed by atoms with Gasteiger partial charge < -0.3 is 18.7 Å². The molecule has 0 aliphatic heterocycles. The van der Waals surface area contributed by atoms with E-state index in [1.807, 2.05) is 48.5 Å². The van der Waals surface area contributed by atoms with Crippen molar-refractivity contribution in [2.75, 3.05) is 14.2 Å². The van der Waals surface area contributed by atoms with Gasteiger partial charge in [0.1, 0.15) is 23.8 Å². The molecule has 0 spiro atoms. The number of esters is 1. The molecule has 3 rings (SSSR count). The second-order valence-corrected chi connectivity index (χ2v) is 5.92. The number of aromatic nitrogens is 1. The first kappa shape index (κ1) is 18.5. The molecule has 0 aliphatic carbocycles. The molecule has 1 aromatic heterocycles. The zero-order valence-corrected chi connectivity index (χ0v) is 15.3. The van der Waals surface area contributed by atoms with Crippen LogP contribution in [0.15, 0.2) is 59.1 Å². The Labute approximate surface area is 157 Å². The maximum absolute atomic E-state index is 11.9. The molecule has 6 nitrogen and oxygen atoms in total. The lowest BCUT2D eigenvalue weighted by atomic mass is 10.1. The van der Waals surface area contributed by atoms with Gasteiger partial charge in [-0.1, -0.05) is 17.3 Å². The predicted octanol–water partition coefficient (Wildman–Crippen LogP) is 4.03. The Hall–Kier alpha value is -3.28. The summed E-state index contributed by atoms with van der Waals surface area (Å²) in [6.07, 6.45) is 0.911. The van der Waals surface area contributed by atoms with Crippen LogP contribution in [0.3, 0.4) is 0 Å². The number of hydrogen-bond acceptors (Lipinski definition) is 6. The summed E-state index contributed by atoms with van der Waals surface area (Å²) in [4.78, 5) is 11.9. The summed E-state index contributed by atoms with van der Waals surface area (Å²) in [6.45, 7) is 0.0844. The van der Waals surface area contributed by atoms with Crippen LogP contribution in [0.2, 0.25) is 0 Å². The van der Waals surface area contributed by atoms with E-state index in [4.69, 9.17) is 18.7 Å². The molecule has 1 heterocycles. The Morgan fingerprint density at radius 1 is 0.963 bits per heavy atom. The van der Waals surface area contributed by atoms with Crippen molar-refractivity contribution in [2.45, 2.75) is 19.4 Å². The first-order valence-electron chi connectivity index (χ1n) is 8.56. The molecule has 6 heteroatoms. The van der Waals surface area contributed by atoms with Crippen LogP contribution in [0.1, 0.15) is 17.7 Å². The number of rotatable bonds is 8. The number of carbonyl (C=O) groups is 1. The summed E-state index contributed by atoms with van der Waals surface area (Å²) in [7, 11) is 3.24. The maximum Gasteiger partial charge on any atom is 0.306 e. The molecular weight excluding hydrogens is 346 g/mol. The number of benzene rings is 2. The van der Waals surface area contributed by atoms with Crippen LogP contribution in [0.4, 0.5) is 0 Å². The normalized spacial score (nSPS) is 10.4. The predicted molar refractivity (Wildman–Crippen MR) is 99.6 cm³/mol. The summed E-state index contributed by atoms with van der Waals surface area (Å²) in [5, 5.41) is 3.95. The molecule has 0 fully saturated rings. The Morgan fingerprint density at radius 3 is 2.22 bits per heavy atom. The third-order valence-corrected chi connectivity index (χ3v) is 4.09. The minimum absolute atomic E-state index is 0.0844. The van der Waals surface area contributed by atoms with Gasteiger partial charge in [-0.2, -0.15) is 0 Å². The topological polar surface area (TPSA) is 70.8 Å². The summed E-state index contributed by atoms with van der Waals surface area (Å²) in [6, 6.07) is 16.8. The van der Waals surface area contributed by atoms with Crippen LogP contribution < -0.4 is 9.47 Å². The van der Waals surface area contributed by atoms with E-state index < -0.39 is 0 Å². The van der Waals surface area contributed by atoms with E-state index >= 15 is 0 Å². The van der Waals surface area contributed by atoms with E-state index in [0.717, 1.165) is 22.6 Å². The van der Waals surface area contributed by atoms with Crippen LogP contribution in [-0.2, 0) is 22.6 Å². The fourth-order valence-corrected chi connectivity index (χ4v) is 2.54. The van der Waals surface area contributed by atoms with Crippen molar-refractivity contribution >= 4 is 5.97 Å². The quantitative estimate of drug-likeness (QED) is 0.560. The Bertz CT molecular complexity index is 868. The third-order valence-electron chi connectivity index (χ3n) is 4.09. The molecule has 3 aromatic rings. The largest absolute Gasteiger partial charge is 0.497 e. The molecule has 0 N–H and O–H groups in total. The molecule has 0 amide bonds. The van der Waals surface area contributed by atoms with E-state index in [1.165, 1.54) is 0 Å². The summed E-state index contributed by atoms with van der Waals surface area (Å²) in [5.74, 6) is 1.89. The van der Waals surface area contributed by atoms with E-state index in [0.29, 0.717) is 24.3 Å². The summed E-state index contributed by atoms with van der Waals surface area (Å²) < 4.78 is 20.8. The number of methoxy groups -OCH3 is 2. The average molecular weight is 367 g/mol. The lowest BCUT2D eigenvalue weighted by Gasteiger charge is -2.04. The molecule has 0 radical (unpaired) electrons. The van der Waals surface area contributed by atoms with Gasteiger partial charge in [-0.3, -0.25) is 4.79 Å². The summed E-state index contributed by atoms with van der Waals surface area (Å²) >= 11 is 0. The van der Waals surface area contributed by atoms with Gasteiger partial charge in [0.25, 0.3) is 0 Å². The monoisotopic (exact) mass is 367 g/mol. The fraction of sp³-hybridized carbons (Fsp3) is 0.238. The highest BCUT2D eigenvalue weighted by molar-refractivity contribution is 5.69. The van der Waals surface area contributed by atoms with Crippen molar-refractivity contribution in [1.82, 2.24) is 5.16 Å². The lowest BCUT2D eigenvalue weighted by Crippen LogP contribution is -2.06. The number of ether oxygens (including phenoxy) is 3. The molecule has 140 valence electrons. The van der Waals surface area contributed by atoms with Gasteiger partial charge in [0.15, 0.2) is 5.76 Å². The molecule has 0 unspecified atom stereocenters. The van der Waals surface area contributed by atoms with Gasteiger partial charge in [0, 0.05) is 18.1 Å². The van der Waals surface area contributed by atoms with Gasteiger partial charge in [-0.25, -0.2) is 0 Å². The molecule has 0 bridgehead atoms. The van der Waals surface area contributed by atoms with Crippen LogP contribution in [0.25, 0.3) is 11.3 Å². The van der Waals surface area contributed by atoms with Gasteiger partial charge in [-0.05, 0) is 48.4 Å². The first-order valence-corrected chi connectivity index (χ1v) is 8.56. The van der Waals surface area contributed by atoms with Crippen molar-refractivity contribution < 1.29 is 23.5 Å². The van der Waals surface area contributed by atoms with Gasteiger partial charge in [-0.15, -0.1) is 0 Å². The number of nitrogens with zero attached hydrogens (tertiary/aromatic N) is 1. The highest BCUT2D eigenvalue weighted by Gasteiger charge is 2.10. The lowest BCUT2D eigenvalue weighted by molar-refractivity contribution is -0.145. The van der Waals surface area contributed by atoms with Gasteiger partial charge in [0.05, 0.1) is 14.2 Å². The number of carbonyl (C=O) groups excluding carboxylic acids is 1. The smallest absolute Gasteiger partial charge is 0.306 e. The molecule has 0 saturated heterocycles. The minimum Gasteiger partial charge on any atom is -0.497 e. The summed E-state index contributed by atoms with van der Waals surface area (Å²) in [5.41, 5.74) is 2.50. The molecular formula is C21H21NO5. The van der Waals surface area contributed by atoms with Crippen molar-refractivity contribution in [1.29, 1.82) is 0 Å². The molecule has 27 heavy (non-hydrogen) atoms. The molecule has 0 aliphatic rings. The Morgan fingerprint density at radius 2 is 1.59 bits per heavy atom. The van der Waals surface area contributed by atoms with Crippen molar-refractivity contribution in [3.63, 3.8) is 0 Å². The molecule has 2 aromatic carbocycles. The highest BCUT2D eigenvalue weighted by atomic mass is 16.5. The average Bonchev–Trinajstić information content (AvgIpc) is 3.20. The van der Waals surface area contributed by atoms with E-state index in [9.17, 15) is 4.79 Å². The van der Waals surface area contributed by atoms with Gasteiger partial charge in [0.2, 0.25) is 0 Å². The van der Waals surface area contributed by atoms with E-state index in [-0.39, 0.29) is 12.6 Å².